The van der Waals surface area contributed by atoms with E-state index in [1.54, 1.807) is 12.1 Å². The summed E-state index contributed by atoms with van der Waals surface area (Å²) in [6.07, 6.45) is 0.959. The van der Waals surface area contributed by atoms with E-state index in [4.69, 9.17) is 11.6 Å². The zero-order valence-corrected chi connectivity index (χ0v) is 13.4. The first-order valence-corrected chi connectivity index (χ1v) is 7.41. The molecule has 0 radical (unpaired) electrons. The summed E-state index contributed by atoms with van der Waals surface area (Å²) in [5.41, 5.74) is 0.487. The zero-order chi connectivity index (χ0) is 15.0. The van der Waals surface area contributed by atoms with Crippen LogP contribution in [0.3, 0.4) is 0 Å². The fourth-order valence-corrected chi connectivity index (χ4v) is 2.84. The van der Waals surface area contributed by atoms with E-state index in [1.165, 1.54) is 0 Å². The molecule has 0 bridgehead atoms. The van der Waals surface area contributed by atoms with E-state index in [1.807, 2.05) is 12.1 Å². The normalized spacial score (nSPS) is 23.9. The molecule has 1 saturated heterocycles. The van der Waals surface area contributed by atoms with Gasteiger partial charge in [-0.1, -0.05) is 23.7 Å². The molecule has 1 aliphatic rings. The summed E-state index contributed by atoms with van der Waals surface area (Å²) in [5.74, 6) is -0.0890. The second kappa shape index (κ2) is 5.38. The summed E-state index contributed by atoms with van der Waals surface area (Å²) in [4.78, 5) is 14.8. The summed E-state index contributed by atoms with van der Waals surface area (Å²) in [5, 5.41) is 3.65. The number of likely N-dealkylation sites (tertiary alicyclic amines) is 1. The molecular formula is C16H23ClN2O. The Morgan fingerprint density at radius 3 is 2.55 bits per heavy atom. The number of carbonyl (C=O) groups is 1. The van der Waals surface area contributed by atoms with Crippen molar-refractivity contribution >= 4 is 17.5 Å². The molecule has 1 amide bonds. The molecule has 1 aliphatic heterocycles. The fraction of sp³-hybridized carbons (Fsp3) is 0.562. The molecule has 0 spiro atoms. The highest BCUT2D eigenvalue weighted by Gasteiger charge is 2.39. The molecule has 20 heavy (non-hydrogen) atoms. The summed E-state index contributed by atoms with van der Waals surface area (Å²) >= 11 is 6.08. The highest BCUT2D eigenvalue weighted by molar-refractivity contribution is 6.33. The maximum atomic E-state index is 12.4. The third-order valence-corrected chi connectivity index (χ3v) is 4.29. The van der Waals surface area contributed by atoms with Gasteiger partial charge >= 0.3 is 0 Å². The van der Waals surface area contributed by atoms with Crippen molar-refractivity contribution in [3.8, 4) is 0 Å². The monoisotopic (exact) mass is 294 g/mol. The molecule has 0 aromatic heterocycles. The maximum absolute atomic E-state index is 12.4. The van der Waals surface area contributed by atoms with Gasteiger partial charge < -0.3 is 5.32 Å². The van der Waals surface area contributed by atoms with Gasteiger partial charge in [0.2, 0.25) is 0 Å². The van der Waals surface area contributed by atoms with E-state index in [0.717, 1.165) is 19.5 Å². The number of benzene rings is 1. The molecule has 0 aliphatic carbocycles. The van der Waals surface area contributed by atoms with Crippen LogP contribution in [0, 0.1) is 0 Å². The minimum absolute atomic E-state index is 0.0890. The van der Waals surface area contributed by atoms with Crippen molar-refractivity contribution in [3.63, 3.8) is 0 Å². The van der Waals surface area contributed by atoms with Crippen molar-refractivity contribution in [2.24, 2.45) is 0 Å². The summed E-state index contributed by atoms with van der Waals surface area (Å²) < 4.78 is 0. The number of rotatable bonds is 2. The molecular weight excluding hydrogens is 272 g/mol. The van der Waals surface area contributed by atoms with Crippen LogP contribution < -0.4 is 5.32 Å². The Labute approximate surface area is 126 Å². The number of nitrogens with one attached hydrogen (secondary N) is 1. The van der Waals surface area contributed by atoms with Crippen molar-refractivity contribution < 1.29 is 4.79 Å². The second-order valence-corrected chi connectivity index (χ2v) is 7.24. The van der Waals surface area contributed by atoms with Crippen LogP contribution in [0.5, 0.6) is 0 Å². The third-order valence-electron chi connectivity index (χ3n) is 3.96. The molecule has 1 N–H and O–H groups in total. The lowest BCUT2D eigenvalue weighted by atomic mass is 10.00. The largest absolute Gasteiger partial charge is 0.345 e. The Morgan fingerprint density at radius 2 is 2.00 bits per heavy atom. The molecule has 1 atom stereocenters. The van der Waals surface area contributed by atoms with Gasteiger partial charge in [0.25, 0.3) is 5.91 Å². The van der Waals surface area contributed by atoms with Crippen molar-refractivity contribution in [1.82, 2.24) is 10.2 Å². The molecule has 1 aromatic carbocycles. The number of carbonyl (C=O) groups excluding carboxylic acids is 1. The number of nitrogens with zero attached hydrogens (tertiary/aromatic N) is 1. The van der Waals surface area contributed by atoms with E-state index in [0.29, 0.717) is 10.6 Å². The molecule has 4 heteroatoms. The Kier molecular flexibility index (Phi) is 4.12. The van der Waals surface area contributed by atoms with Gasteiger partial charge in [-0.15, -0.1) is 0 Å². The average Bonchev–Trinajstić information content (AvgIpc) is 2.71. The first-order valence-electron chi connectivity index (χ1n) is 7.03. The van der Waals surface area contributed by atoms with Crippen LogP contribution in [0.25, 0.3) is 0 Å². The minimum Gasteiger partial charge on any atom is -0.345 e. The Morgan fingerprint density at radius 1 is 1.35 bits per heavy atom. The minimum atomic E-state index is -0.191. The SMILES string of the molecule is CC1(NC(=O)c2ccccc2Cl)CCN(C(C)(C)C)C1. The van der Waals surface area contributed by atoms with Crippen LogP contribution in [0.2, 0.25) is 5.02 Å². The average molecular weight is 295 g/mol. The van der Waals surface area contributed by atoms with Crippen molar-refractivity contribution in [2.75, 3.05) is 13.1 Å². The molecule has 1 heterocycles. The topological polar surface area (TPSA) is 32.3 Å². The highest BCUT2D eigenvalue weighted by Crippen LogP contribution is 2.28. The van der Waals surface area contributed by atoms with Crippen LogP contribution in [-0.2, 0) is 0 Å². The lowest BCUT2D eigenvalue weighted by Crippen LogP contribution is -2.50. The Hall–Kier alpha value is -1.06. The maximum Gasteiger partial charge on any atom is 0.253 e. The van der Waals surface area contributed by atoms with Gasteiger partial charge in [0.05, 0.1) is 16.1 Å². The van der Waals surface area contributed by atoms with E-state index in [9.17, 15) is 4.79 Å². The van der Waals surface area contributed by atoms with Crippen LogP contribution >= 0.6 is 11.6 Å². The van der Waals surface area contributed by atoms with E-state index in [2.05, 4.69) is 37.9 Å². The Balaban J connectivity index is 2.07. The lowest BCUT2D eigenvalue weighted by Gasteiger charge is -2.34. The second-order valence-electron chi connectivity index (χ2n) is 6.84. The molecule has 0 saturated carbocycles. The van der Waals surface area contributed by atoms with Gasteiger partial charge in [-0.05, 0) is 46.2 Å². The number of amides is 1. The predicted octanol–water partition coefficient (Wildman–Crippen LogP) is 3.33. The lowest BCUT2D eigenvalue weighted by molar-refractivity contribution is 0.0895. The summed E-state index contributed by atoms with van der Waals surface area (Å²) in [7, 11) is 0. The standard InChI is InChI=1S/C16H23ClN2O/c1-15(2,3)19-10-9-16(4,11-19)18-14(20)12-7-5-6-8-13(12)17/h5-8H,9-11H2,1-4H3,(H,18,20). The first kappa shape index (κ1) is 15.3. The van der Waals surface area contributed by atoms with Gasteiger partial charge in [-0.3, -0.25) is 9.69 Å². The molecule has 1 fully saturated rings. The number of halogens is 1. The van der Waals surface area contributed by atoms with Crippen LogP contribution in [0.15, 0.2) is 24.3 Å². The van der Waals surface area contributed by atoms with Gasteiger partial charge in [0.15, 0.2) is 0 Å². The molecule has 1 aromatic rings. The number of hydrogen-bond acceptors (Lipinski definition) is 2. The Bertz CT molecular complexity index is 509. The molecule has 2 rings (SSSR count). The molecule has 3 nitrogen and oxygen atoms in total. The van der Waals surface area contributed by atoms with Gasteiger partial charge in [-0.25, -0.2) is 0 Å². The first-order chi connectivity index (χ1) is 9.21. The third kappa shape index (κ3) is 3.33. The van der Waals surface area contributed by atoms with Gasteiger partial charge in [0, 0.05) is 18.6 Å². The molecule has 1 unspecified atom stereocenters. The van der Waals surface area contributed by atoms with E-state index >= 15 is 0 Å². The predicted molar refractivity (Wildman–Crippen MR) is 83.3 cm³/mol. The smallest absolute Gasteiger partial charge is 0.253 e. The van der Waals surface area contributed by atoms with Crippen molar-refractivity contribution in [3.05, 3.63) is 34.9 Å². The fourth-order valence-electron chi connectivity index (χ4n) is 2.62. The van der Waals surface area contributed by atoms with E-state index in [-0.39, 0.29) is 17.0 Å². The van der Waals surface area contributed by atoms with Crippen molar-refractivity contribution in [2.45, 2.75) is 45.2 Å². The van der Waals surface area contributed by atoms with Gasteiger partial charge in [-0.2, -0.15) is 0 Å². The zero-order valence-electron chi connectivity index (χ0n) is 12.7. The van der Waals surface area contributed by atoms with Crippen LogP contribution in [0.4, 0.5) is 0 Å². The summed E-state index contributed by atoms with van der Waals surface area (Å²) in [6, 6.07) is 7.17. The van der Waals surface area contributed by atoms with Gasteiger partial charge in [0.1, 0.15) is 0 Å². The van der Waals surface area contributed by atoms with E-state index < -0.39 is 0 Å². The van der Waals surface area contributed by atoms with Crippen molar-refractivity contribution in [1.29, 1.82) is 0 Å². The van der Waals surface area contributed by atoms with Crippen LogP contribution in [-0.4, -0.2) is 35.0 Å². The number of hydrogen-bond donors (Lipinski definition) is 1. The highest BCUT2D eigenvalue weighted by atomic mass is 35.5. The summed E-state index contributed by atoms with van der Waals surface area (Å²) in [6.45, 7) is 10.6. The van der Waals surface area contributed by atoms with Crippen LogP contribution in [0.1, 0.15) is 44.5 Å². The molecule has 110 valence electrons. The quantitative estimate of drug-likeness (QED) is 0.907.